The average Bonchev–Trinajstić information content (AvgIpc) is 2.82. The summed E-state index contributed by atoms with van der Waals surface area (Å²) in [6.07, 6.45) is 10.9. The zero-order chi connectivity index (χ0) is 21.1. The van der Waals surface area contributed by atoms with Crippen LogP contribution in [0.15, 0.2) is 91.0 Å². The zero-order valence-corrected chi connectivity index (χ0v) is 19.3. The summed E-state index contributed by atoms with van der Waals surface area (Å²) in [6, 6.07) is 31.3. The van der Waals surface area contributed by atoms with Gasteiger partial charge in [-0.15, -0.1) is 0 Å². The molecule has 0 unspecified atom stereocenters. The van der Waals surface area contributed by atoms with Gasteiger partial charge < -0.3 is 0 Å². The van der Waals surface area contributed by atoms with Crippen molar-refractivity contribution in [1.82, 2.24) is 0 Å². The molecule has 0 atom stereocenters. The monoisotopic (exact) mass is 420 g/mol. The van der Waals surface area contributed by atoms with Crippen molar-refractivity contribution in [2.24, 2.45) is 0 Å². The molecule has 0 saturated carbocycles. The third-order valence-electron chi connectivity index (χ3n) is 6.38. The van der Waals surface area contributed by atoms with Gasteiger partial charge >= 0.3 is 183 Å². The SMILES string of the molecule is CCCCCCCCCCP(O)(c1ccccc1)(c1ccccc1)c1ccccc1. The molecule has 0 amide bonds. The van der Waals surface area contributed by atoms with Crippen molar-refractivity contribution in [3.05, 3.63) is 91.0 Å². The van der Waals surface area contributed by atoms with Gasteiger partial charge in [-0.25, -0.2) is 0 Å². The molecular weight excluding hydrogens is 383 g/mol. The molecule has 0 heterocycles. The normalized spacial score (nSPS) is 12.9. The summed E-state index contributed by atoms with van der Waals surface area (Å²) in [6.45, 7) is -1.25. The number of hydrogen-bond acceptors (Lipinski definition) is 1. The van der Waals surface area contributed by atoms with Crippen LogP contribution in [0.1, 0.15) is 58.3 Å². The average molecular weight is 421 g/mol. The molecule has 3 aromatic carbocycles. The van der Waals surface area contributed by atoms with Crippen LogP contribution < -0.4 is 15.9 Å². The Morgan fingerprint density at radius 2 is 0.833 bits per heavy atom. The first kappa shape index (κ1) is 22.7. The molecule has 0 saturated heterocycles. The minimum absolute atomic E-state index is 0.804. The molecule has 0 aliphatic heterocycles. The summed E-state index contributed by atoms with van der Waals surface area (Å²) in [5.41, 5.74) is 0. The van der Waals surface area contributed by atoms with Crippen molar-refractivity contribution >= 4 is 22.7 Å². The van der Waals surface area contributed by atoms with Crippen LogP contribution in [0.4, 0.5) is 0 Å². The number of hydrogen-bond donors (Lipinski definition) is 1. The van der Waals surface area contributed by atoms with Crippen molar-refractivity contribution in [3.8, 4) is 0 Å². The molecule has 0 aliphatic carbocycles. The van der Waals surface area contributed by atoms with Crippen LogP contribution in [0.5, 0.6) is 0 Å². The van der Waals surface area contributed by atoms with Gasteiger partial charge in [0.2, 0.25) is 0 Å². The molecule has 1 nitrogen and oxygen atoms in total. The van der Waals surface area contributed by atoms with E-state index in [2.05, 4.69) is 79.7 Å². The van der Waals surface area contributed by atoms with Gasteiger partial charge in [0, 0.05) is 0 Å². The van der Waals surface area contributed by atoms with Gasteiger partial charge in [0.15, 0.2) is 0 Å². The van der Waals surface area contributed by atoms with Crippen molar-refractivity contribution in [3.63, 3.8) is 0 Å². The van der Waals surface area contributed by atoms with Gasteiger partial charge in [0.25, 0.3) is 0 Å². The summed E-state index contributed by atoms with van der Waals surface area (Å²) < 4.78 is 0. The molecule has 1 N–H and O–H groups in total. The second-order valence-electron chi connectivity index (χ2n) is 8.46. The van der Waals surface area contributed by atoms with Crippen LogP contribution >= 0.6 is 6.83 Å². The van der Waals surface area contributed by atoms with E-state index in [0.717, 1.165) is 28.5 Å². The zero-order valence-electron chi connectivity index (χ0n) is 18.4. The first-order valence-electron chi connectivity index (χ1n) is 11.6. The molecule has 0 bridgehead atoms. The summed E-state index contributed by atoms with van der Waals surface area (Å²) in [7, 11) is 0. The van der Waals surface area contributed by atoms with Crippen molar-refractivity contribution in [2.75, 3.05) is 6.16 Å². The Labute approximate surface area is 183 Å². The van der Waals surface area contributed by atoms with E-state index in [9.17, 15) is 4.89 Å². The molecule has 3 rings (SSSR count). The summed E-state index contributed by atoms with van der Waals surface area (Å²) in [4.78, 5) is 13.0. The number of rotatable bonds is 12. The van der Waals surface area contributed by atoms with Crippen molar-refractivity contribution in [2.45, 2.75) is 58.3 Å². The molecule has 160 valence electrons. The molecule has 2 heteroatoms. The van der Waals surface area contributed by atoms with Gasteiger partial charge in [-0.1, -0.05) is 0 Å². The van der Waals surface area contributed by atoms with Crippen LogP contribution in [0.3, 0.4) is 0 Å². The van der Waals surface area contributed by atoms with Crippen LogP contribution in [0.2, 0.25) is 0 Å². The molecule has 30 heavy (non-hydrogen) atoms. The maximum absolute atomic E-state index is 13.0. The van der Waals surface area contributed by atoms with Crippen LogP contribution in [0, 0.1) is 0 Å². The Kier molecular flexibility index (Phi) is 8.25. The molecule has 0 fully saturated rings. The van der Waals surface area contributed by atoms with Gasteiger partial charge in [-0.3, -0.25) is 0 Å². The fraction of sp³-hybridized carbons (Fsp3) is 0.357. The minimum atomic E-state index is -3.52. The van der Waals surface area contributed by atoms with Gasteiger partial charge in [-0.2, -0.15) is 0 Å². The topological polar surface area (TPSA) is 20.2 Å². The molecule has 0 aromatic heterocycles. The van der Waals surface area contributed by atoms with E-state index in [-0.39, 0.29) is 0 Å². The van der Waals surface area contributed by atoms with E-state index in [0.29, 0.717) is 0 Å². The maximum atomic E-state index is 13.0. The third kappa shape index (κ3) is 4.85. The Balaban J connectivity index is 1.92. The molecule has 0 aliphatic rings. The Morgan fingerprint density at radius 1 is 0.500 bits per heavy atom. The second kappa shape index (κ2) is 10.9. The molecular formula is C28H37OP. The summed E-state index contributed by atoms with van der Waals surface area (Å²) >= 11 is 0. The molecule has 3 aromatic rings. The first-order valence-corrected chi connectivity index (χ1v) is 14.0. The van der Waals surface area contributed by atoms with E-state index in [1.165, 1.54) is 44.9 Å². The second-order valence-corrected chi connectivity index (χ2v) is 13.0. The summed E-state index contributed by atoms with van der Waals surface area (Å²) in [5.74, 6) is 0. The van der Waals surface area contributed by atoms with Crippen molar-refractivity contribution in [1.29, 1.82) is 0 Å². The Hall–Kier alpha value is -1.95. The van der Waals surface area contributed by atoms with E-state index in [1.807, 2.05) is 18.2 Å². The standard InChI is InChI=1S/C28H37OP/c1-2-3-4-5-6-7-8-18-25-30(29,26-19-12-9-13-20-26,27-21-14-10-15-22-27)28-23-16-11-17-24-28/h9-17,19-24,29H,2-8,18,25H2,1H3. The first-order chi connectivity index (χ1) is 14.7. The van der Waals surface area contributed by atoms with Crippen LogP contribution in [0.25, 0.3) is 0 Å². The van der Waals surface area contributed by atoms with Gasteiger partial charge in [0.05, 0.1) is 0 Å². The quantitative estimate of drug-likeness (QED) is 0.260. The van der Waals surface area contributed by atoms with Gasteiger partial charge in [0.1, 0.15) is 0 Å². The Bertz CT molecular complexity index is 761. The predicted octanol–water partition coefficient (Wildman–Crippen LogP) is 6.56. The van der Waals surface area contributed by atoms with Gasteiger partial charge in [-0.05, 0) is 0 Å². The van der Waals surface area contributed by atoms with E-state index in [4.69, 9.17) is 0 Å². The number of unbranched alkanes of at least 4 members (excludes halogenated alkanes) is 7. The number of benzene rings is 3. The van der Waals surface area contributed by atoms with Crippen LogP contribution in [-0.2, 0) is 0 Å². The van der Waals surface area contributed by atoms with Crippen LogP contribution in [-0.4, -0.2) is 11.1 Å². The predicted molar refractivity (Wildman–Crippen MR) is 135 cm³/mol. The third-order valence-corrected chi connectivity index (χ3v) is 11.8. The Morgan fingerprint density at radius 3 is 1.20 bits per heavy atom. The fourth-order valence-corrected chi connectivity index (χ4v) is 9.59. The molecule has 0 spiro atoms. The van der Waals surface area contributed by atoms with Crippen molar-refractivity contribution < 1.29 is 4.89 Å². The summed E-state index contributed by atoms with van der Waals surface area (Å²) in [5, 5.41) is 3.22. The molecule has 0 radical (unpaired) electrons. The fourth-order valence-electron chi connectivity index (χ4n) is 4.64. The van der Waals surface area contributed by atoms with E-state index < -0.39 is 6.83 Å². The van der Waals surface area contributed by atoms with E-state index >= 15 is 0 Å². The van der Waals surface area contributed by atoms with E-state index in [1.54, 1.807) is 0 Å².